The zero-order valence-electron chi connectivity index (χ0n) is 12.0. The number of fused-ring (bicyclic) bond motifs is 3. The van der Waals surface area contributed by atoms with Gasteiger partial charge in [0, 0.05) is 5.39 Å². The molecule has 2 aromatic carbocycles. The number of rotatable bonds is 2. The van der Waals surface area contributed by atoms with Gasteiger partial charge in [0.1, 0.15) is 11.3 Å². The first-order valence-electron chi connectivity index (χ1n) is 7.02. The third kappa shape index (κ3) is 2.05. The van der Waals surface area contributed by atoms with E-state index in [1.54, 1.807) is 12.1 Å². The highest BCUT2D eigenvalue weighted by Crippen LogP contribution is 2.20. The van der Waals surface area contributed by atoms with Gasteiger partial charge in [-0.05, 0) is 17.7 Å². The van der Waals surface area contributed by atoms with Crippen LogP contribution in [0.25, 0.3) is 16.6 Å². The molecule has 2 aromatic heterocycles. The van der Waals surface area contributed by atoms with Gasteiger partial charge in [0.2, 0.25) is 5.95 Å². The van der Waals surface area contributed by atoms with Gasteiger partial charge in [0.25, 0.3) is 0 Å². The highest BCUT2D eigenvalue weighted by molar-refractivity contribution is 5.92. The molecule has 2 N–H and O–H groups in total. The van der Waals surface area contributed by atoms with Gasteiger partial charge in [-0.15, -0.1) is 5.10 Å². The molecule has 4 rings (SSSR count). The van der Waals surface area contributed by atoms with Crippen LogP contribution in [0.15, 0.2) is 53.3 Å². The maximum Gasteiger partial charge on any atom is 0.353 e. The molecule has 0 saturated heterocycles. The molecule has 23 heavy (non-hydrogen) atoms. The predicted molar refractivity (Wildman–Crippen MR) is 84.7 cm³/mol. The van der Waals surface area contributed by atoms with Crippen LogP contribution in [-0.2, 0) is 6.54 Å². The fraction of sp³-hybridized carbons (Fsp3) is 0.0625. The Bertz CT molecular complexity index is 1080. The molecule has 0 amide bonds. The number of benzene rings is 2. The average Bonchev–Trinajstić information content (AvgIpc) is 2.87. The Hall–Kier alpha value is -3.22. The van der Waals surface area contributed by atoms with Gasteiger partial charge >= 0.3 is 5.69 Å². The summed E-state index contributed by atoms with van der Waals surface area (Å²) in [4.78, 5) is 16.5. The van der Waals surface area contributed by atoms with Crippen molar-refractivity contribution < 1.29 is 4.39 Å². The summed E-state index contributed by atoms with van der Waals surface area (Å²) in [6, 6.07) is 14.0. The lowest BCUT2D eigenvalue weighted by molar-refractivity contribution is 0.636. The van der Waals surface area contributed by atoms with Crippen LogP contribution in [0, 0.1) is 5.82 Å². The first-order valence-corrected chi connectivity index (χ1v) is 7.02. The Morgan fingerprint density at radius 3 is 2.65 bits per heavy atom. The summed E-state index contributed by atoms with van der Waals surface area (Å²) in [5.41, 5.74) is 6.76. The fourth-order valence-corrected chi connectivity index (χ4v) is 2.62. The zero-order chi connectivity index (χ0) is 16.0. The number of hydrogen-bond acceptors (Lipinski definition) is 4. The minimum atomic E-state index is -0.498. The van der Waals surface area contributed by atoms with Crippen molar-refractivity contribution in [1.82, 2.24) is 19.2 Å². The molecule has 0 unspecified atom stereocenters. The van der Waals surface area contributed by atoms with Crippen LogP contribution < -0.4 is 11.4 Å². The largest absolute Gasteiger partial charge is 0.369 e. The van der Waals surface area contributed by atoms with Gasteiger partial charge < -0.3 is 5.73 Å². The summed E-state index contributed by atoms with van der Waals surface area (Å²) in [5, 5.41) is 4.77. The van der Waals surface area contributed by atoms with Crippen molar-refractivity contribution in [2.45, 2.75) is 6.54 Å². The van der Waals surface area contributed by atoms with Gasteiger partial charge in [0.15, 0.2) is 5.65 Å². The minimum absolute atomic E-state index is 0.0816. The number of halogens is 1. The minimum Gasteiger partial charge on any atom is -0.369 e. The van der Waals surface area contributed by atoms with Gasteiger partial charge in [0.05, 0.1) is 6.54 Å². The van der Waals surface area contributed by atoms with Crippen molar-refractivity contribution in [2.75, 3.05) is 5.73 Å². The van der Waals surface area contributed by atoms with Crippen LogP contribution in [0.1, 0.15) is 5.56 Å². The summed E-state index contributed by atoms with van der Waals surface area (Å²) < 4.78 is 16.4. The smallest absolute Gasteiger partial charge is 0.353 e. The van der Waals surface area contributed by atoms with E-state index in [0.29, 0.717) is 17.6 Å². The molecule has 0 aliphatic carbocycles. The summed E-state index contributed by atoms with van der Waals surface area (Å²) in [6.45, 7) is 0.303. The third-order valence-electron chi connectivity index (χ3n) is 3.70. The molecule has 6 nitrogen and oxygen atoms in total. The Balaban J connectivity index is 2.00. The number of nitrogens with zero attached hydrogens (tertiary/aromatic N) is 4. The molecule has 0 aliphatic rings. The lowest BCUT2D eigenvalue weighted by Crippen LogP contribution is -2.23. The van der Waals surface area contributed by atoms with E-state index < -0.39 is 11.5 Å². The molecule has 4 aromatic rings. The van der Waals surface area contributed by atoms with Gasteiger partial charge in [-0.25, -0.2) is 23.3 Å². The van der Waals surface area contributed by atoms with Crippen LogP contribution in [0.3, 0.4) is 0 Å². The van der Waals surface area contributed by atoms with Crippen molar-refractivity contribution in [3.63, 3.8) is 0 Å². The van der Waals surface area contributed by atoms with Crippen LogP contribution in [0.4, 0.5) is 10.3 Å². The second kappa shape index (κ2) is 4.91. The summed E-state index contributed by atoms with van der Waals surface area (Å²) in [5.74, 6) is -0.580. The Morgan fingerprint density at radius 2 is 1.87 bits per heavy atom. The fourth-order valence-electron chi connectivity index (χ4n) is 2.62. The number of hydrogen-bond donors (Lipinski definition) is 1. The molecule has 0 aliphatic heterocycles. The molecule has 2 heterocycles. The van der Waals surface area contributed by atoms with Crippen LogP contribution in [0.2, 0.25) is 0 Å². The number of nitrogens with two attached hydrogens (primary N) is 1. The zero-order valence-corrected chi connectivity index (χ0v) is 12.0. The van der Waals surface area contributed by atoms with Crippen molar-refractivity contribution in [3.05, 3.63) is 70.4 Å². The SMILES string of the molecule is Nc1nc2c(F)cccc2c2nn(Cc3ccccc3)c(=O)n12. The highest BCUT2D eigenvalue weighted by atomic mass is 19.1. The van der Waals surface area contributed by atoms with Crippen molar-refractivity contribution in [2.24, 2.45) is 0 Å². The monoisotopic (exact) mass is 309 g/mol. The van der Waals surface area contributed by atoms with Gasteiger partial charge in [-0.3, -0.25) is 0 Å². The second-order valence-corrected chi connectivity index (χ2v) is 5.19. The molecule has 114 valence electrons. The van der Waals surface area contributed by atoms with E-state index in [9.17, 15) is 9.18 Å². The summed E-state index contributed by atoms with van der Waals surface area (Å²) in [6.07, 6.45) is 0. The highest BCUT2D eigenvalue weighted by Gasteiger charge is 2.16. The summed E-state index contributed by atoms with van der Waals surface area (Å²) in [7, 11) is 0. The molecular weight excluding hydrogens is 297 g/mol. The lowest BCUT2D eigenvalue weighted by Gasteiger charge is -2.02. The van der Waals surface area contributed by atoms with E-state index in [1.165, 1.54) is 15.1 Å². The lowest BCUT2D eigenvalue weighted by atomic mass is 10.2. The number of aromatic nitrogens is 4. The molecule has 0 saturated carbocycles. The van der Waals surface area contributed by atoms with Crippen LogP contribution >= 0.6 is 0 Å². The van der Waals surface area contributed by atoms with E-state index in [4.69, 9.17) is 5.73 Å². The molecule has 0 spiro atoms. The van der Waals surface area contributed by atoms with E-state index >= 15 is 0 Å². The molecule has 0 atom stereocenters. The molecule has 0 bridgehead atoms. The topological polar surface area (TPSA) is 78.2 Å². The van der Waals surface area contributed by atoms with Crippen molar-refractivity contribution in [1.29, 1.82) is 0 Å². The molecular formula is C16H12FN5O. The number of nitrogen functional groups attached to an aromatic ring is 1. The molecule has 0 radical (unpaired) electrons. The van der Waals surface area contributed by atoms with E-state index in [0.717, 1.165) is 5.56 Å². The number of para-hydroxylation sites is 1. The maximum atomic E-state index is 13.9. The van der Waals surface area contributed by atoms with E-state index in [2.05, 4.69) is 10.1 Å². The van der Waals surface area contributed by atoms with Crippen molar-refractivity contribution >= 4 is 22.5 Å². The summed E-state index contributed by atoms with van der Waals surface area (Å²) >= 11 is 0. The predicted octanol–water partition coefficient (Wildman–Crippen LogP) is 1.81. The molecule has 0 fully saturated rings. The van der Waals surface area contributed by atoms with E-state index in [-0.39, 0.29) is 11.5 Å². The quantitative estimate of drug-likeness (QED) is 0.612. The van der Waals surface area contributed by atoms with Crippen LogP contribution in [0.5, 0.6) is 0 Å². The van der Waals surface area contributed by atoms with Crippen LogP contribution in [-0.4, -0.2) is 19.2 Å². The first kappa shape index (κ1) is 13.4. The Morgan fingerprint density at radius 1 is 1.09 bits per heavy atom. The Labute approximate surface area is 129 Å². The Kier molecular flexibility index (Phi) is 2.87. The maximum absolute atomic E-state index is 13.9. The third-order valence-corrected chi connectivity index (χ3v) is 3.70. The first-order chi connectivity index (χ1) is 11.1. The van der Waals surface area contributed by atoms with Gasteiger partial charge in [-0.1, -0.05) is 36.4 Å². The van der Waals surface area contributed by atoms with E-state index in [1.807, 2.05) is 30.3 Å². The normalized spacial score (nSPS) is 11.3. The number of anilines is 1. The van der Waals surface area contributed by atoms with Gasteiger partial charge in [-0.2, -0.15) is 0 Å². The standard InChI is InChI=1S/C16H12FN5O/c17-12-8-4-7-11-13(12)19-15(18)22-14(11)20-21(16(22)23)9-10-5-2-1-3-6-10/h1-8H,9H2,(H2,18,19). The second-order valence-electron chi connectivity index (χ2n) is 5.19. The average molecular weight is 309 g/mol. The van der Waals surface area contributed by atoms with Crippen molar-refractivity contribution in [3.8, 4) is 0 Å². The molecule has 7 heteroatoms.